The standard InChI is InChI=1S/C14H20FNO4S/c1-3-9-16(10-14(17)20-4-2)21(18,19)11-12-5-7-13(15)8-6-12/h5-8H,3-4,9-11H2,1-2H3. The average Bonchev–Trinajstić information content (AvgIpc) is 2.41. The molecule has 0 aliphatic carbocycles. The number of carbonyl (C=O) groups is 1. The lowest BCUT2D eigenvalue weighted by atomic mass is 10.2. The summed E-state index contributed by atoms with van der Waals surface area (Å²) in [6.07, 6.45) is 0.585. The summed E-state index contributed by atoms with van der Waals surface area (Å²) in [4.78, 5) is 11.5. The number of esters is 1. The van der Waals surface area contributed by atoms with Crippen molar-refractivity contribution in [2.45, 2.75) is 26.0 Å². The zero-order chi connectivity index (χ0) is 15.9. The van der Waals surface area contributed by atoms with Crippen molar-refractivity contribution in [2.75, 3.05) is 19.7 Å². The van der Waals surface area contributed by atoms with Crippen molar-refractivity contribution in [3.63, 3.8) is 0 Å². The molecule has 1 aromatic carbocycles. The number of rotatable bonds is 8. The van der Waals surface area contributed by atoms with Gasteiger partial charge in [0.15, 0.2) is 0 Å². The summed E-state index contributed by atoms with van der Waals surface area (Å²) in [6.45, 7) is 3.63. The third-order valence-corrected chi connectivity index (χ3v) is 4.54. The van der Waals surface area contributed by atoms with Crippen LogP contribution in [0.15, 0.2) is 24.3 Å². The molecule has 0 radical (unpaired) electrons. The van der Waals surface area contributed by atoms with Crippen molar-refractivity contribution in [2.24, 2.45) is 0 Å². The fourth-order valence-corrected chi connectivity index (χ4v) is 3.36. The SMILES string of the molecule is CCCN(CC(=O)OCC)S(=O)(=O)Cc1ccc(F)cc1. The topological polar surface area (TPSA) is 63.7 Å². The molecule has 0 fully saturated rings. The highest BCUT2D eigenvalue weighted by molar-refractivity contribution is 7.88. The number of benzene rings is 1. The Hall–Kier alpha value is -1.47. The van der Waals surface area contributed by atoms with Crippen molar-refractivity contribution in [3.8, 4) is 0 Å². The number of hydrogen-bond donors (Lipinski definition) is 0. The summed E-state index contributed by atoms with van der Waals surface area (Å²) in [5, 5.41) is 0. The van der Waals surface area contributed by atoms with Gasteiger partial charge in [-0.05, 0) is 31.0 Å². The number of halogens is 1. The third kappa shape index (κ3) is 5.81. The molecule has 0 aliphatic heterocycles. The molecule has 0 spiro atoms. The van der Waals surface area contributed by atoms with Crippen molar-refractivity contribution in [1.82, 2.24) is 4.31 Å². The van der Waals surface area contributed by atoms with Gasteiger partial charge >= 0.3 is 5.97 Å². The number of carbonyl (C=O) groups excluding carboxylic acids is 1. The van der Waals surface area contributed by atoms with Crippen molar-refractivity contribution < 1.29 is 22.3 Å². The minimum atomic E-state index is -3.65. The van der Waals surface area contributed by atoms with Crippen LogP contribution in [0.25, 0.3) is 0 Å². The van der Waals surface area contributed by atoms with Crippen LogP contribution < -0.4 is 0 Å². The molecule has 0 amide bonds. The van der Waals surface area contributed by atoms with Crippen LogP contribution in [0.2, 0.25) is 0 Å². The van der Waals surface area contributed by atoms with Gasteiger partial charge in [0.05, 0.1) is 12.4 Å². The first-order valence-corrected chi connectivity index (χ1v) is 8.37. The maximum atomic E-state index is 12.8. The molecular formula is C14H20FNO4S. The highest BCUT2D eigenvalue weighted by Gasteiger charge is 2.24. The molecule has 0 bridgehead atoms. The molecule has 0 atom stereocenters. The molecular weight excluding hydrogens is 297 g/mol. The largest absolute Gasteiger partial charge is 0.465 e. The zero-order valence-corrected chi connectivity index (χ0v) is 13.0. The van der Waals surface area contributed by atoms with Crippen LogP contribution in [0.1, 0.15) is 25.8 Å². The van der Waals surface area contributed by atoms with E-state index in [1.54, 1.807) is 6.92 Å². The van der Waals surface area contributed by atoms with E-state index in [1.807, 2.05) is 6.92 Å². The van der Waals surface area contributed by atoms with Crippen LogP contribution in [0, 0.1) is 5.82 Å². The zero-order valence-electron chi connectivity index (χ0n) is 12.2. The summed E-state index contributed by atoms with van der Waals surface area (Å²) in [6, 6.07) is 5.25. The van der Waals surface area contributed by atoms with Gasteiger partial charge in [-0.2, -0.15) is 4.31 Å². The Morgan fingerprint density at radius 2 is 1.86 bits per heavy atom. The molecule has 118 valence electrons. The van der Waals surface area contributed by atoms with Crippen molar-refractivity contribution in [1.29, 1.82) is 0 Å². The monoisotopic (exact) mass is 317 g/mol. The summed E-state index contributed by atoms with van der Waals surface area (Å²) in [5.74, 6) is -1.27. The summed E-state index contributed by atoms with van der Waals surface area (Å²) in [5.41, 5.74) is 0.473. The normalized spacial score (nSPS) is 11.6. The van der Waals surface area contributed by atoms with E-state index in [9.17, 15) is 17.6 Å². The van der Waals surface area contributed by atoms with Gasteiger partial charge in [0, 0.05) is 6.54 Å². The van der Waals surface area contributed by atoms with Gasteiger partial charge < -0.3 is 4.74 Å². The van der Waals surface area contributed by atoms with E-state index in [0.29, 0.717) is 12.0 Å². The summed E-state index contributed by atoms with van der Waals surface area (Å²) < 4.78 is 43.4. The van der Waals surface area contributed by atoms with E-state index in [0.717, 1.165) is 4.31 Å². The van der Waals surface area contributed by atoms with Gasteiger partial charge in [0.1, 0.15) is 12.4 Å². The second-order valence-corrected chi connectivity index (χ2v) is 6.49. The number of sulfonamides is 1. The minimum Gasteiger partial charge on any atom is -0.465 e. The Bertz CT molecular complexity index is 557. The molecule has 0 N–H and O–H groups in total. The first-order valence-electron chi connectivity index (χ1n) is 6.77. The van der Waals surface area contributed by atoms with Gasteiger partial charge in [-0.1, -0.05) is 19.1 Å². The fraction of sp³-hybridized carbons (Fsp3) is 0.500. The molecule has 0 saturated heterocycles. The predicted octanol–water partition coefficient (Wildman–Crippen LogP) is 1.93. The van der Waals surface area contributed by atoms with Crippen LogP contribution in [-0.2, 0) is 25.3 Å². The molecule has 0 unspecified atom stereocenters. The number of nitrogens with zero attached hydrogens (tertiary/aromatic N) is 1. The lowest BCUT2D eigenvalue weighted by Gasteiger charge is -2.20. The van der Waals surface area contributed by atoms with Gasteiger partial charge in [-0.15, -0.1) is 0 Å². The predicted molar refractivity (Wildman–Crippen MR) is 77.5 cm³/mol. The highest BCUT2D eigenvalue weighted by atomic mass is 32.2. The van der Waals surface area contributed by atoms with Crippen molar-refractivity contribution >= 4 is 16.0 Å². The second kappa shape index (κ2) is 8.09. The Labute approximate surface area is 124 Å². The molecule has 7 heteroatoms. The Kier molecular flexibility index (Phi) is 6.77. The van der Waals surface area contributed by atoms with Crippen LogP contribution >= 0.6 is 0 Å². The maximum Gasteiger partial charge on any atom is 0.321 e. The first kappa shape index (κ1) is 17.6. The third-order valence-electron chi connectivity index (χ3n) is 2.74. The van der Waals surface area contributed by atoms with Gasteiger partial charge in [-0.25, -0.2) is 12.8 Å². The van der Waals surface area contributed by atoms with Crippen LogP contribution in [0.5, 0.6) is 0 Å². The lowest BCUT2D eigenvalue weighted by Crippen LogP contribution is -2.37. The smallest absolute Gasteiger partial charge is 0.321 e. The molecule has 1 aromatic rings. The van der Waals surface area contributed by atoms with E-state index >= 15 is 0 Å². The Morgan fingerprint density at radius 3 is 2.38 bits per heavy atom. The second-order valence-electron chi connectivity index (χ2n) is 4.52. The van der Waals surface area contributed by atoms with Crippen molar-refractivity contribution in [3.05, 3.63) is 35.6 Å². The molecule has 0 aliphatic rings. The highest BCUT2D eigenvalue weighted by Crippen LogP contribution is 2.12. The Balaban J connectivity index is 2.83. The number of ether oxygens (including phenoxy) is 1. The van der Waals surface area contributed by atoms with Gasteiger partial charge in [-0.3, -0.25) is 4.79 Å². The van der Waals surface area contributed by atoms with Gasteiger partial charge in [0.25, 0.3) is 0 Å². The van der Waals surface area contributed by atoms with E-state index in [1.165, 1.54) is 24.3 Å². The van der Waals surface area contributed by atoms with E-state index < -0.39 is 21.8 Å². The first-order chi connectivity index (χ1) is 9.89. The molecule has 21 heavy (non-hydrogen) atoms. The van der Waals surface area contributed by atoms with E-state index in [2.05, 4.69) is 0 Å². The van der Waals surface area contributed by atoms with E-state index in [-0.39, 0.29) is 25.4 Å². The van der Waals surface area contributed by atoms with Gasteiger partial charge in [0.2, 0.25) is 10.0 Å². The fourth-order valence-electron chi connectivity index (χ4n) is 1.80. The minimum absolute atomic E-state index is 0.205. The lowest BCUT2D eigenvalue weighted by molar-refractivity contribution is -0.143. The molecule has 1 rings (SSSR count). The number of hydrogen-bond acceptors (Lipinski definition) is 4. The molecule has 0 aromatic heterocycles. The molecule has 0 saturated carbocycles. The quantitative estimate of drug-likeness (QED) is 0.687. The average molecular weight is 317 g/mol. The molecule has 0 heterocycles. The Morgan fingerprint density at radius 1 is 1.24 bits per heavy atom. The van der Waals surface area contributed by atoms with Crippen LogP contribution in [0.3, 0.4) is 0 Å². The van der Waals surface area contributed by atoms with Crippen LogP contribution in [-0.4, -0.2) is 38.4 Å². The maximum absolute atomic E-state index is 12.8. The van der Waals surface area contributed by atoms with Crippen LogP contribution in [0.4, 0.5) is 4.39 Å². The summed E-state index contributed by atoms with van der Waals surface area (Å²) >= 11 is 0. The summed E-state index contributed by atoms with van der Waals surface area (Å²) in [7, 11) is -3.65. The van der Waals surface area contributed by atoms with E-state index in [4.69, 9.17) is 4.74 Å². The molecule has 5 nitrogen and oxygen atoms in total.